The van der Waals surface area contributed by atoms with Crippen LogP contribution in [0.4, 0.5) is 0 Å². The molecular formula is C20H24Cl2N4O3. The first-order chi connectivity index (χ1) is 15.0. The van der Waals surface area contributed by atoms with Gasteiger partial charge in [0.05, 0.1) is 18.7 Å². The van der Waals surface area contributed by atoms with Crippen molar-refractivity contribution in [2.75, 3.05) is 13.0 Å². The summed E-state index contributed by atoms with van der Waals surface area (Å²) in [6.07, 6.45) is 3.72. The van der Waals surface area contributed by atoms with Gasteiger partial charge in [0.25, 0.3) is 0 Å². The number of halogens is 2. The van der Waals surface area contributed by atoms with E-state index in [0.29, 0.717) is 23.6 Å². The smallest absolute Gasteiger partial charge is 0.328 e. The number of carbonyl (C=O) groups is 2. The van der Waals surface area contributed by atoms with E-state index >= 15 is 0 Å². The molecule has 1 aliphatic rings. The molecule has 1 amide bonds. The SMILES string of the molecule is [2H]C([2H])([2H])n1cc(C[C@@H](NC(=O)[C@@]2(CCCl)C[C@@H]2c2ccc(Cl)nc2C)C(=O)OC)cn1. The molecule has 2 aromatic rings. The largest absolute Gasteiger partial charge is 0.467 e. The van der Waals surface area contributed by atoms with E-state index < -0.39 is 24.4 Å². The Labute approximate surface area is 183 Å². The van der Waals surface area contributed by atoms with Crippen LogP contribution in [0.2, 0.25) is 5.15 Å². The predicted molar refractivity (Wildman–Crippen MR) is 110 cm³/mol. The Morgan fingerprint density at radius 2 is 2.31 bits per heavy atom. The first-order valence-corrected chi connectivity index (χ1v) is 10.0. The maximum absolute atomic E-state index is 13.3. The van der Waals surface area contributed by atoms with Crippen LogP contribution in [0.15, 0.2) is 24.5 Å². The van der Waals surface area contributed by atoms with Crippen LogP contribution in [0.3, 0.4) is 0 Å². The Balaban J connectivity index is 1.80. The molecule has 0 bridgehead atoms. The lowest BCUT2D eigenvalue weighted by atomic mass is 9.93. The summed E-state index contributed by atoms with van der Waals surface area (Å²) in [6, 6.07) is 2.55. The molecule has 1 fully saturated rings. The lowest BCUT2D eigenvalue weighted by molar-refractivity contribution is -0.145. The molecule has 0 spiro atoms. The molecule has 0 radical (unpaired) electrons. The number of nitrogens with zero attached hydrogens (tertiary/aromatic N) is 3. The molecule has 29 heavy (non-hydrogen) atoms. The zero-order valence-electron chi connectivity index (χ0n) is 19.1. The van der Waals surface area contributed by atoms with Gasteiger partial charge in [0.1, 0.15) is 11.2 Å². The Kier molecular flexibility index (Phi) is 5.32. The number of aryl methyl sites for hydroxylation is 2. The number of alkyl halides is 1. The molecular weight excluding hydrogens is 415 g/mol. The summed E-state index contributed by atoms with van der Waals surface area (Å²) in [5, 5.41) is 6.98. The van der Waals surface area contributed by atoms with Gasteiger partial charge in [-0.25, -0.2) is 9.78 Å². The third kappa shape index (κ3) is 4.56. The van der Waals surface area contributed by atoms with E-state index in [9.17, 15) is 9.59 Å². The van der Waals surface area contributed by atoms with Crippen molar-refractivity contribution in [1.29, 1.82) is 0 Å². The van der Waals surface area contributed by atoms with Crippen LogP contribution < -0.4 is 5.32 Å². The average molecular weight is 442 g/mol. The highest BCUT2D eigenvalue weighted by Crippen LogP contribution is 2.62. The van der Waals surface area contributed by atoms with E-state index in [1.807, 2.05) is 13.0 Å². The van der Waals surface area contributed by atoms with Crippen molar-refractivity contribution in [2.24, 2.45) is 12.4 Å². The summed E-state index contributed by atoms with van der Waals surface area (Å²) in [5.41, 5.74) is 1.38. The molecule has 156 valence electrons. The zero-order chi connectivity index (χ0) is 23.7. The highest BCUT2D eigenvalue weighted by molar-refractivity contribution is 6.29. The van der Waals surface area contributed by atoms with E-state index in [-0.39, 0.29) is 24.1 Å². The van der Waals surface area contributed by atoms with Crippen LogP contribution in [0.1, 0.15) is 39.7 Å². The number of nitrogens with one attached hydrogen (secondary N) is 1. The Hall–Kier alpha value is -2.12. The Bertz CT molecular complexity index is 1010. The molecule has 0 saturated heterocycles. The van der Waals surface area contributed by atoms with Crippen molar-refractivity contribution >= 4 is 35.1 Å². The van der Waals surface area contributed by atoms with E-state index in [2.05, 4.69) is 15.4 Å². The van der Waals surface area contributed by atoms with Crippen LogP contribution in [-0.4, -0.2) is 45.7 Å². The van der Waals surface area contributed by atoms with Gasteiger partial charge in [0, 0.05) is 41.2 Å². The van der Waals surface area contributed by atoms with Gasteiger partial charge >= 0.3 is 5.97 Å². The van der Waals surface area contributed by atoms with E-state index in [0.717, 1.165) is 15.9 Å². The van der Waals surface area contributed by atoms with E-state index in [4.69, 9.17) is 32.1 Å². The summed E-state index contributed by atoms with van der Waals surface area (Å²) in [6.45, 7) is -0.596. The lowest BCUT2D eigenvalue weighted by Crippen LogP contribution is -2.46. The fourth-order valence-corrected chi connectivity index (χ4v) is 4.30. The number of carbonyl (C=O) groups excluding carboxylic acids is 2. The first-order valence-electron chi connectivity index (χ1n) is 10.6. The number of esters is 1. The highest BCUT2D eigenvalue weighted by Gasteiger charge is 2.60. The van der Waals surface area contributed by atoms with Crippen molar-refractivity contribution in [1.82, 2.24) is 20.1 Å². The Morgan fingerprint density at radius 3 is 2.93 bits per heavy atom. The monoisotopic (exact) mass is 441 g/mol. The number of ether oxygens (including phenoxy) is 1. The van der Waals surface area contributed by atoms with Crippen LogP contribution in [0.25, 0.3) is 0 Å². The Morgan fingerprint density at radius 1 is 1.52 bits per heavy atom. The molecule has 0 aliphatic heterocycles. The quantitative estimate of drug-likeness (QED) is 0.386. The van der Waals surface area contributed by atoms with Gasteiger partial charge in [-0.3, -0.25) is 9.48 Å². The molecule has 2 aromatic heterocycles. The van der Waals surface area contributed by atoms with E-state index in [1.165, 1.54) is 19.5 Å². The second-order valence-corrected chi connectivity index (χ2v) is 7.97. The third-order valence-electron chi connectivity index (χ3n) is 5.40. The van der Waals surface area contributed by atoms with Gasteiger partial charge in [-0.1, -0.05) is 17.7 Å². The first kappa shape index (κ1) is 17.7. The molecule has 1 aliphatic carbocycles. The summed E-state index contributed by atoms with van der Waals surface area (Å²) >= 11 is 12.0. The maximum Gasteiger partial charge on any atom is 0.328 e. The second kappa shape index (κ2) is 8.71. The number of hydrogen-bond acceptors (Lipinski definition) is 5. The second-order valence-electron chi connectivity index (χ2n) is 7.21. The van der Waals surface area contributed by atoms with Crippen LogP contribution >= 0.6 is 23.2 Å². The molecule has 7 nitrogen and oxygen atoms in total. The standard InChI is InChI=1S/C20H24Cl2N4O3/c1-12-14(4-5-17(22)24-12)15-9-20(15,6-7-21)19(28)25-16(18(27)29-3)8-13-10-23-26(2)11-13/h4-5,10-11,15-16H,6-9H2,1-3H3,(H,25,28)/t15-,16-,20+/m1/s1/i2D3. The summed E-state index contributed by atoms with van der Waals surface area (Å²) < 4.78 is 27.9. The van der Waals surface area contributed by atoms with Gasteiger partial charge in [-0.15, -0.1) is 11.6 Å². The molecule has 3 atom stereocenters. The predicted octanol–water partition coefficient (Wildman–Crippen LogP) is 2.78. The number of methoxy groups -OCH3 is 1. The van der Waals surface area contributed by atoms with Gasteiger partial charge in [-0.2, -0.15) is 5.10 Å². The van der Waals surface area contributed by atoms with Crippen molar-refractivity contribution in [3.05, 3.63) is 46.5 Å². The van der Waals surface area contributed by atoms with E-state index in [1.54, 1.807) is 6.07 Å². The van der Waals surface area contributed by atoms with Crippen LogP contribution in [0.5, 0.6) is 0 Å². The number of aromatic nitrogens is 3. The number of amides is 1. The van der Waals surface area contributed by atoms with Crippen molar-refractivity contribution in [2.45, 2.75) is 38.1 Å². The lowest BCUT2D eigenvalue weighted by Gasteiger charge is -2.22. The summed E-state index contributed by atoms with van der Waals surface area (Å²) in [7, 11) is 1.23. The highest BCUT2D eigenvalue weighted by atomic mass is 35.5. The molecule has 0 aromatic carbocycles. The molecule has 9 heteroatoms. The number of pyridine rings is 1. The molecule has 1 saturated carbocycles. The van der Waals surface area contributed by atoms with Crippen molar-refractivity contribution in [3.8, 4) is 0 Å². The normalized spacial score (nSPS) is 23.4. The number of hydrogen-bond donors (Lipinski definition) is 1. The van der Waals surface area contributed by atoms with Gasteiger partial charge in [0.2, 0.25) is 5.91 Å². The summed E-state index contributed by atoms with van der Waals surface area (Å²) in [4.78, 5) is 30.0. The topological polar surface area (TPSA) is 86.1 Å². The molecule has 0 unspecified atom stereocenters. The third-order valence-corrected chi connectivity index (χ3v) is 5.80. The van der Waals surface area contributed by atoms with Gasteiger partial charge < -0.3 is 10.1 Å². The minimum atomic E-state index is -2.43. The average Bonchev–Trinajstić information content (AvgIpc) is 3.22. The number of rotatable bonds is 8. The fourth-order valence-electron chi connectivity index (χ4n) is 3.77. The zero-order valence-corrected chi connectivity index (χ0v) is 17.6. The van der Waals surface area contributed by atoms with Crippen molar-refractivity contribution in [3.63, 3.8) is 0 Å². The van der Waals surface area contributed by atoms with Crippen molar-refractivity contribution < 1.29 is 18.4 Å². The molecule has 1 N–H and O–H groups in total. The molecule has 2 heterocycles. The summed E-state index contributed by atoms with van der Waals surface area (Å²) in [5.74, 6) is -0.764. The minimum Gasteiger partial charge on any atom is -0.467 e. The fraction of sp³-hybridized carbons (Fsp3) is 0.500. The van der Waals surface area contributed by atoms with Crippen LogP contribution in [0, 0.1) is 12.3 Å². The van der Waals surface area contributed by atoms with Gasteiger partial charge in [-0.05, 0) is 37.0 Å². The van der Waals surface area contributed by atoms with Crippen LogP contribution in [-0.2, 0) is 27.7 Å². The minimum absolute atomic E-state index is 0.0393. The molecule has 3 rings (SSSR count). The van der Waals surface area contributed by atoms with Gasteiger partial charge in [0.15, 0.2) is 0 Å². The maximum atomic E-state index is 13.3.